The number of ether oxygens (including phenoxy) is 1. The van der Waals surface area contributed by atoms with Crippen LogP contribution in [0.5, 0.6) is 0 Å². The van der Waals surface area contributed by atoms with Crippen molar-refractivity contribution < 1.29 is 9.53 Å². The number of hydrogen-bond acceptors (Lipinski definition) is 3. The van der Waals surface area contributed by atoms with Gasteiger partial charge in [-0.1, -0.05) is 25.7 Å². The van der Waals surface area contributed by atoms with Gasteiger partial charge in [-0.3, -0.25) is 4.79 Å². The first-order valence-corrected chi connectivity index (χ1v) is 8.79. The minimum Gasteiger partial charge on any atom is -0.365 e. The second-order valence-electron chi connectivity index (χ2n) is 6.72. The second kappa shape index (κ2) is 8.74. The highest BCUT2D eigenvalue weighted by Crippen LogP contribution is 2.22. The average molecular weight is 296 g/mol. The molecular formula is C17H32N2O2. The molecule has 1 saturated heterocycles. The van der Waals surface area contributed by atoms with Crippen LogP contribution in [0.15, 0.2) is 0 Å². The van der Waals surface area contributed by atoms with E-state index in [0.29, 0.717) is 6.10 Å². The third kappa shape index (κ3) is 5.26. The minimum atomic E-state index is -0.269. The lowest BCUT2D eigenvalue weighted by Gasteiger charge is -2.34. The Bertz CT molecular complexity index is 306. The summed E-state index contributed by atoms with van der Waals surface area (Å²) >= 11 is 0. The fraction of sp³-hybridized carbons (Fsp3) is 0.941. The zero-order chi connectivity index (χ0) is 15.1. The lowest BCUT2D eigenvalue weighted by molar-refractivity contribution is -0.148. The molecule has 21 heavy (non-hydrogen) atoms. The number of piperidine rings is 1. The first-order valence-electron chi connectivity index (χ1n) is 8.79. The van der Waals surface area contributed by atoms with Crippen molar-refractivity contribution in [1.82, 2.24) is 10.2 Å². The van der Waals surface area contributed by atoms with Crippen LogP contribution in [0, 0.1) is 5.92 Å². The molecule has 122 valence electrons. The summed E-state index contributed by atoms with van der Waals surface area (Å²) in [7, 11) is 2.00. The molecule has 0 spiro atoms. The van der Waals surface area contributed by atoms with Crippen molar-refractivity contribution in [3.05, 3.63) is 0 Å². The molecule has 0 aromatic heterocycles. The van der Waals surface area contributed by atoms with Gasteiger partial charge in [-0.05, 0) is 52.1 Å². The molecule has 1 aliphatic heterocycles. The van der Waals surface area contributed by atoms with E-state index in [1.54, 1.807) is 0 Å². The molecule has 4 nitrogen and oxygen atoms in total. The number of carbonyl (C=O) groups excluding carboxylic acids is 1. The molecule has 1 N–H and O–H groups in total. The molecule has 2 fully saturated rings. The van der Waals surface area contributed by atoms with Gasteiger partial charge in [0, 0.05) is 13.1 Å². The summed E-state index contributed by atoms with van der Waals surface area (Å²) in [6.45, 7) is 4.79. The number of likely N-dealkylation sites (tertiary alicyclic amines) is 1. The van der Waals surface area contributed by atoms with E-state index in [4.69, 9.17) is 4.74 Å². The molecule has 0 aromatic rings. The molecule has 1 atom stereocenters. The van der Waals surface area contributed by atoms with E-state index in [9.17, 15) is 4.79 Å². The Kier molecular flexibility index (Phi) is 6.97. The van der Waals surface area contributed by atoms with E-state index in [1.807, 2.05) is 18.9 Å². The Balaban J connectivity index is 1.74. The van der Waals surface area contributed by atoms with Crippen molar-refractivity contribution in [3.8, 4) is 0 Å². The zero-order valence-electron chi connectivity index (χ0n) is 13.8. The molecule has 1 amide bonds. The standard InChI is InChI=1S/C17H32N2O2/c1-14(21-16-7-5-3-4-6-8-16)17(20)19-11-9-15(10-12-19)13-18-2/h14-16,18H,3-13H2,1-2H3. The Morgan fingerprint density at radius 2 is 1.76 bits per heavy atom. The van der Waals surface area contributed by atoms with E-state index in [1.165, 1.54) is 25.7 Å². The van der Waals surface area contributed by atoms with Gasteiger partial charge in [0.25, 0.3) is 5.91 Å². The van der Waals surface area contributed by atoms with Crippen LogP contribution in [0.25, 0.3) is 0 Å². The van der Waals surface area contributed by atoms with Gasteiger partial charge in [0.05, 0.1) is 6.10 Å². The molecule has 1 unspecified atom stereocenters. The van der Waals surface area contributed by atoms with Crippen LogP contribution in [-0.2, 0) is 9.53 Å². The summed E-state index contributed by atoms with van der Waals surface area (Å²) in [6, 6.07) is 0. The summed E-state index contributed by atoms with van der Waals surface area (Å²) in [5.74, 6) is 0.916. The quantitative estimate of drug-likeness (QED) is 0.793. The van der Waals surface area contributed by atoms with Gasteiger partial charge in [-0.2, -0.15) is 0 Å². The molecule has 0 aromatic carbocycles. The normalized spacial score (nSPS) is 23.8. The van der Waals surface area contributed by atoms with Crippen LogP contribution in [0.2, 0.25) is 0 Å². The SMILES string of the molecule is CNCC1CCN(C(=O)C(C)OC2CCCCCC2)CC1. The molecule has 0 bridgehead atoms. The summed E-state index contributed by atoms with van der Waals surface area (Å²) < 4.78 is 6.06. The number of amides is 1. The highest BCUT2D eigenvalue weighted by atomic mass is 16.5. The van der Waals surface area contributed by atoms with E-state index < -0.39 is 0 Å². The van der Waals surface area contributed by atoms with Crippen LogP contribution in [0.3, 0.4) is 0 Å². The van der Waals surface area contributed by atoms with E-state index >= 15 is 0 Å². The molecule has 0 radical (unpaired) electrons. The van der Waals surface area contributed by atoms with Crippen molar-refractivity contribution in [2.24, 2.45) is 5.92 Å². The first kappa shape index (κ1) is 16.8. The summed E-state index contributed by atoms with van der Waals surface area (Å²) in [5, 5.41) is 3.24. The van der Waals surface area contributed by atoms with Crippen LogP contribution in [0.1, 0.15) is 58.3 Å². The summed E-state index contributed by atoms with van der Waals surface area (Å²) in [4.78, 5) is 14.5. The summed E-state index contributed by atoms with van der Waals surface area (Å²) in [6.07, 6.45) is 9.65. The van der Waals surface area contributed by atoms with Crippen molar-refractivity contribution in [2.75, 3.05) is 26.7 Å². The first-order chi connectivity index (χ1) is 10.2. The molecule has 1 saturated carbocycles. The maximum absolute atomic E-state index is 12.5. The predicted octanol–water partition coefficient (Wildman–Crippen LogP) is 2.57. The minimum absolute atomic E-state index is 0.196. The summed E-state index contributed by atoms with van der Waals surface area (Å²) in [5.41, 5.74) is 0. The van der Waals surface area contributed by atoms with E-state index in [0.717, 1.165) is 51.2 Å². The molecule has 1 aliphatic carbocycles. The Labute approximate surface area is 129 Å². The maximum atomic E-state index is 12.5. The second-order valence-corrected chi connectivity index (χ2v) is 6.72. The molecule has 1 heterocycles. The van der Waals surface area contributed by atoms with Gasteiger partial charge in [0.1, 0.15) is 6.10 Å². The highest BCUT2D eigenvalue weighted by molar-refractivity contribution is 5.80. The van der Waals surface area contributed by atoms with Gasteiger partial charge in [-0.15, -0.1) is 0 Å². The molecule has 4 heteroatoms. The monoisotopic (exact) mass is 296 g/mol. The third-order valence-electron chi connectivity index (χ3n) is 4.97. The average Bonchev–Trinajstić information content (AvgIpc) is 2.76. The lowest BCUT2D eigenvalue weighted by atomic mass is 9.96. The molecular weight excluding hydrogens is 264 g/mol. The van der Waals surface area contributed by atoms with E-state index in [2.05, 4.69) is 5.32 Å². The predicted molar refractivity (Wildman–Crippen MR) is 85.3 cm³/mol. The Hall–Kier alpha value is -0.610. The Morgan fingerprint density at radius 1 is 1.14 bits per heavy atom. The van der Waals surface area contributed by atoms with Gasteiger partial charge in [0.15, 0.2) is 0 Å². The van der Waals surface area contributed by atoms with Gasteiger partial charge in [-0.25, -0.2) is 0 Å². The number of nitrogens with one attached hydrogen (secondary N) is 1. The number of hydrogen-bond donors (Lipinski definition) is 1. The topological polar surface area (TPSA) is 41.6 Å². The lowest BCUT2D eigenvalue weighted by Crippen LogP contribution is -2.45. The molecule has 2 aliphatic rings. The highest BCUT2D eigenvalue weighted by Gasteiger charge is 2.27. The fourth-order valence-electron chi connectivity index (χ4n) is 3.63. The van der Waals surface area contributed by atoms with Crippen LogP contribution in [-0.4, -0.2) is 49.7 Å². The number of carbonyl (C=O) groups is 1. The van der Waals surface area contributed by atoms with Gasteiger partial charge >= 0.3 is 0 Å². The van der Waals surface area contributed by atoms with Crippen molar-refractivity contribution in [2.45, 2.75) is 70.5 Å². The van der Waals surface area contributed by atoms with E-state index in [-0.39, 0.29) is 12.0 Å². The number of rotatable bonds is 5. The van der Waals surface area contributed by atoms with Crippen LogP contribution in [0.4, 0.5) is 0 Å². The van der Waals surface area contributed by atoms with Crippen molar-refractivity contribution in [1.29, 1.82) is 0 Å². The molecule has 2 rings (SSSR count). The van der Waals surface area contributed by atoms with Gasteiger partial charge in [0.2, 0.25) is 0 Å². The zero-order valence-corrected chi connectivity index (χ0v) is 13.8. The van der Waals surface area contributed by atoms with Gasteiger partial charge < -0.3 is 15.0 Å². The largest absolute Gasteiger partial charge is 0.365 e. The van der Waals surface area contributed by atoms with Crippen molar-refractivity contribution >= 4 is 5.91 Å². The van der Waals surface area contributed by atoms with Crippen molar-refractivity contribution in [3.63, 3.8) is 0 Å². The maximum Gasteiger partial charge on any atom is 0.251 e. The number of nitrogens with zero attached hydrogens (tertiary/aromatic N) is 1. The fourth-order valence-corrected chi connectivity index (χ4v) is 3.63. The Morgan fingerprint density at radius 3 is 2.33 bits per heavy atom. The van der Waals surface area contributed by atoms with Crippen LogP contribution < -0.4 is 5.32 Å². The third-order valence-corrected chi connectivity index (χ3v) is 4.97. The van der Waals surface area contributed by atoms with Crippen LogP contribution >= 0.6 is 0 Å². The smallest absolute Gasteiger partial charge is 0.251 e.